The molecule has 0 aromatic heterocycles. The third-order valence-corrected chi connectivity index (χ3v) is 2.35. The van der Waals surface area contributed by atoms with Gasteiger partial charge in [0.25, 0.3) is 0 Å². The number of carbonyl (C=O) groups excluding carboxylic acids is 3. The van der Waals surface area contributed by atoms with Crippen molar-refractivity contribution in [3.63, 3.8) is 0 Å². The number of anilines is 1. The molecule has 0 aliphatic heterocycles. The summed E-state index contributed by atoms with van der Waals surface area (Å²) in [5, 5.41) is 2.46. The first-order chi connectivity index (χ1) is 10.1. The van der Waals surface area contributed by atoms with E-state index in [-0.39, 0.29) is 13.2 Å². The van der Waals surface area contributed by atoms with Crippen molar-refractivity contribution in [3.05, 3.63) is 36.4 Å². The maximum absolute atomic E-state index is 11.5. The zero-order chi connectivity index (χ0) is 15.7. The lowest BCUT2D eigenvalue weighted by Crippen LogP contribution is -2.17. The summed E-state index contributed by atoms with van der Waals surface area (Å²) in [6.07, 6.45) is 1.74. The van der Waals surface area contributed by atoms with Crippen molar-refractivity contribution in [2.45, 2.75) is 6.92 Å². The number of nitrogens with zero attached hydrogens (tertiary/aromatic N) is 1. The first kappa shape index (κ1) is 16.1. The summed E-state index contributed by atoms with van der Waals surface area (Å²) in [7, 11) is 0. The fraction of sp³-hybridized carbons (Fsp3) is 0.214. The first-order valence-electron chi connectivity index (χ1n) is 5.98. The molecule has 1 aromatic rings. The zero-order valence-electron chi connectivity index (χ0n) is 11.4. The van der Waals surface area contributed by atoms with E-state index in [1.54, 1.807) is 19.1 Å². The Morgan fingerprint density at radius 2 is 2.10 bits per heavy atom. The summed E-state index contributed by atoms with van der Waals surface area (Å²) in [6.45, 7) is 4.85. The van der Waals surface area contributed by atoms with Crippen LogP contribution >= 0.6 is 0 Å². The van der Waals surface area contributed by atoms with Gasteiger partial charge in [0.2, 0.25) is 6.08 Å². The van der Waals surface area contributed by atoms with E-state index >= 15 is 0 Å². The van der Waals surface area contributed by atoms with Gasteiger partial charge in [-0.1, -0.05) is 12.6 Å². The second-order valence-corrected chi connectivity index (χ2v) is 3.84. The van der Waals surface area contributed by atoms with E-state index in [1.165, 1.54) is 12.1 Å². The van der Waals surface area contributed by atoms with E-state index in [1.807, 2.05) is 0 Å². The van der Waals surface area contributed by atoms with Crippen LogP contribution in [0.4, 0.5) is 16.2 Å². The predicted octanol–water partition coefficient (Wildman–Crippen LogP) is 2.24. The van der Waals surface area contributed by atoms with Gasteiger partial charge in [0.05, 0.1) is 5.69 Å². The number of amides is 1. The van der Waals surface area contributed by atoms with Gasteiger partial charge in [-0.25, -0.2) is 14.4 Å². The minimum absolute atomic E-state index is 0.0626. The summed E-state index contributed by atoms with van der Waals surface area (Å²) in [5.74, 6) is -0.589. The molecule has 7 nitrogen and oxygen atoms in total. The van der Waals surface area contributed by atoms with Crippen LogP contribution in [0.5, 0.6) is 0 Å². The van der Waals surface area contributed by atoms with Gasteiger partial charge in [-0.2, -0.15) is 4.99 Å². The van der Waals surface area contributed by atoms with Gasteiger partial charge in [-0.05, 0) is 24.6 Å². The SMILES string of the molecule is C=CC(=O)OCCOC(=O)Nc1ccc(C)c(N=C=O)c1. The molecule has 1 N–H and O–H groups in total. The first-order valence-corrected chi connectivity index (χ1v) is 5.98. The Morgan fingerprint density at radius 1 is 1.38 bits per heavy atom. The monoisotopic (exact) mass is 290 g/mol. The number of rotatable bonds is 6. The van der Waals surface area contributed by atoms with Gasteiger partial charge in [0, 0.05) is 11.8 Å². The fourth-order valence-electron chi connectivity index (χ4n) is 1.35. The van der Waals surface area contributed by atoms with Crippen molar-refractivity contribution in [1.29, 1.82) is 0 Å². The van der Waals surface area contributed by atoms with Crippen molar-refractivity contribution in [2.24, 2.45) is 4.99 Å². The molecule has 0 fully saturated rings. The highest BCUT2D eigenvalue weighted by molar-refractivity contribution is 5.85. The van der Waals surface area contributed by atoms with E-state index in [2.05, 4.69) is 21.6 Å². The standard InChI is InChI=1S/C14H14N2O5/c1-3-13(18)20-6-7-21-14(19)16-11-5-4-10(2)12(8-11)15-9-17/h3-5,8H,1,6-7H2,2H3,(H,16,19). The van der Waals surface area contributed by atoms with Crippen LogP contribution < -0.4 is 5.32 Å². The normalized spacial score (nSPS) is 9.19. The molecule has 1 amide bonds. The Morgan fingerprint density at radius 3 is 2.76 bits per heavy atom. The number of benzene rings is 1. The van der Waals surface area contributed by atoms with E-state index in [9.17, 15) is 14.4 Å². The van der Waals surface area contributed by atoms with Gasteiger partial charge >= 0.3 is 12.1 Å². The van der Waals surface area contributed by atoms with Crippen LogP contribution in [0.2, 0.25) is 0 Å². The molecule has 110 valence electrons. The average Bonchev–Trinajstić information content (AvgIpc) is 2.47. The van der Waals surface area contributed by atoms with Crippen LogP contribution in [0.1, 0.15) is 5.56 Å². The Hall–Kier alpha value is -2.92. The number of aliphatic imine (C=N–C) groups is 1. The molecule has 0 saturated carbocycles. The van der Waals surface area contributed by atoms with Crippen LogP contribution in [0.15, 0.2) is 35.8 Å². The quantitative estimate of drug-likeness (QED) is 0.285. The third kappa shape index (κ3) is 5.71. The number of carbonyl (C=O) groups is 2. The summed E-state index contributed by atoms with van der Waals surface area (Å²) >= 11 is 0. The molecule has 0 bridgehead atoms. The van der Waals surface area contributed by atoms with Crippen LogP contribution in [-0.4, -0.2) is 31.4 Å². The largest absolute Gasteiger partial charge is 0.459 e. The van der Waals surface area contributed by atoms with Crippen molar-refractivity contribution < 1.29 is 23.9 Å². The van der Waals surface area contributed by atoms with Crippen molar-refractivity contribution in [1.82, 2.24) is 0 Å². The Kier molecular flexibility index (Phi) is 6.37. The number of aryl methyl sites for hydroxylation is 1. The van der Waals surface area contributed by atoms with Crippen molar-refractivity contribution in [2.75, 3.05) is 18.5 Å². The molecule has 1 rings (SSSR count). The van der Waals surface area contributed by atoms with Gasteiger partial charge in [0.1, 0.15) is 13.2 Å². The highest BCUT2D eigenvalue weighted by atomic mass is 16.6. The zero-order valence-corrected chi connectivity index (χ0v) is 11.4. The summed E-state index contributed by atoms with van der Waals surface area (Å²) in [6, 6.07) is 4.84. The predicted molar refractivity (Wildman–Crippen MR) is 75.1 cm³/mol. The minimum atomic E-state index is -0.713. The summed E-state index contributed by atoms with van der Waals surface area (Å²) < 4.78 is 9.44. The second-order valence-electron chi connectivity index (χ2n) is 3.84. The van der Waals surface area contributed by atoms with Crippen molar-refractivity contribution in [3.8, 4) is 0 Å². The maximum Gasteiger partial charge on any atom is 0.411 e. The maximum atomic E-state index is 11.5. The van der Waals surface area contributed by atoms with Crippen LogP contribution in [0, 0.1) is 6.92 Å². The second kappa shape index (κ2) is 8.29. The van der Waals surface area contributed by atoms with Crippen molar-refractivity contribution >= 4 is 29.5 Å². The molecular formula is C14H14N2O5. The van der Waals surface area contributed by atoms with Gasteiger partial charge in [0.15, 0.2) is 0 Å². The molecule has 0 saturated heterocycles. The highest BCUT2D eigenvalue weighted by Gasteiger charge is 2.06. The van der Waals surface area contributed by atoms with E-state index in [4.69, 9.17) is 4.74 Å². The Balaban J connectivity index is 2.48. The molecule has 0 atom stereocenters. The topological polar surface area (TPSA) is 94.1 Å². The molecule has 0 radical (unpaired) electrons. The molecule has 1 aromatic carbocycles. The van der Waals surface area contributed by atoms with Crippen LogP contribution in [-0.2, 0) is 19.1 Å². The van der Waals surface area contributed by atoms with Gasteiger partial charge in [-0.3, -0.25) is 5.32 Å². The molecule has 0 heterocycles. The van der Waals surface area contributed by atoms with Crippen LogP contribution in [0.3, 0.4) is 0 Å². The molecule has 21 heavy (non-hydrogen) atoms. The molecule has 0 unspecified atom stereocenters. The number of hydrogen-bond acceptors (Lipinski definition) is 6. The number of esters is 1. The van der Waals surface area contributed by atoms with E-state index in [0.29, 0.717) is 11.4 Å². The summed E-state index contributed by atoms with van der Waals surface area (Å²) in [4.78, 5) is 36.0. The fourth-order valence-corrected chi connectivity index (χ4v) is 1.35. The Labute approximate surface area is 121 Å². The molecule has 7 heteroatoms. The third-order valence-electron chi connectivity index (χ3n) is 2.35. The van der Waals surface area contributed by atoms with E-state index in [0.717, 1.165) is 11.6 Å². The molecule has 0 spiro atoms. The minimum Gasteiger partial charge on any atom is -0.459 e. The van der Waals surface area contributed by atoms with E-state index < -0.39 is 12.1 Å². The molecule has 0 aliphatic rings. The number of nitrogens with one attached hydrogen (secondary N) is 1. The number of ether oxygens (including phenoxy) is 2. The lowest BCUT2D eigenvalue weighted by Gasteiger charge is -2.08. The number of hydrogen-bond donors (Lipinski definition) is 1. The van der Waals surface area contributed by atoms with Crippen LogP contribution in [0.25, 0.3) is 0 Å². The lowest BCUT2D eigenvalue weighted by molar-refractivity contribution is -0.138. The lowest BCUT2D eigenvalue weighted by atomic mass is 10.2. The Bertz CT molecular complexity index is 591. The average molecular weight is 290 g/mol. The smallest absolute Gasteiger partial charge is 0.411 e. The van der Waals surface area contributed by atoms with Gasteiger partial charge in [-0.15, -0.1) is 0 Å². The number of isocyanates is 1. The highest BCUT2D eigenvalue weighted by Crippen LogP contribution is 2.22. The van der Waals surface area contributed by atoms with Gasteiger partial charge < -0.3 is 9.47 Å². The molecule has 0 aliphatic carbocycles. The summed E-state index contributed by atoms with van der Waals surface area (Å²) in [5.41, 5.74) is 1.60. The molecular weight excluding hydrogens is 276 g/mol.